The van der Waals surface area contributed by atoms with Gasteiger partial charge in [0.25, 0.3) is 0 Å². The maximum absolute atomic E-state index is 11.9. The van der Waals surface area contributed by atoms with Crippen molar-refractivity contribution in [3.05, 3.63) is 29.8 Å². The molecule has 0 spiro atoms. The number of nitrogens with zero attached hydrogens (tertiary/aromatic N) is 1. The van der Waals surface area contributed by atoms with Gasteiger partial charge in [-0.15, -0.1) is 0 Å². The first-order valence-electron chi connectivity index (χ1n) is 6.97. The highest BCUT2D eigenvalue weighted by molar-refractivity contribution is 5.76. The third kappa shape index (κ3) is 3.96. The van der Waals surface area contributed by atoms with Gasteiger partial charge in [0.2, 0.25) is 5.91 Å². The van der Waals surface area contributed by atoms with E-state index in [1.54, 1.807) is 12.1 Å². The highest BCUT2D eigenvalue weighted by Gasteiger charge is 2.17. The number of phenols is 1. The number of phenolic OH excluding ortho intramolecular Hbond substituents is 1. The van der Waals surface area contributed by atoms with Crippen LogP contribution in [0.2, 0.25) is 0 Å². The van der Waals surface area contributed by atoms with Crippen LogP contribution in [0.25, 0.3) is 0 Å². The molecule has 19 heavy (non-hydrogen) atoms. The van der Waals surface area contributed by atoms with Gasteiger partial charge in [0, 0.05) is 32.1 Å². The smallest absolute Gasteiger partial charge is 0.223 e. The molecule has 2 rings (SSSR count). The van der Waals surface area contributed by atoms with Crippen molar-refractivity contribution < 1.29 is 9.90 Å². The maximum Gasteiger partial charge on any atom is 0.223 e. The number of carbonyl (C=O) groups excluding carboxylic acids is 1. The van der Waals surface area contributed by atoms with Crippen molar-refractivity contribution >= 4 is 5.91 Å². The zero-order valence-corrected chi connectivity index (χ0v) is 11.4. The first kappa shape index (κ1) is 13.9. The fraction of sp³-hybridized carbons (Fsp3) is 0.533. The predicted octanol–water partition coefficient (Wildman–Crippen LogP) is 2.06. The average Bonchev–Trinajstić information content (AvgIpc) is 2.92. The molecule has 1 aliphatic heterocycles. The Kier molecular flexibility index (Phi) is 4.80. The van der Waals surface area contributed by atoms with Crippen molar-refractivity contribution in [2.75, 3.05) is 19.6 Å². The van der Waals surface area contributed by atoms with E-state index in [2.05, 4.69) is 5.32 Å². The van der Waals surface area contributed by atoms with Gasteiger partial charge in [0.15, 0.2) is 0 Å². The summed E-state index contributed by atoms with van der Waals surface area (Å²) in [6, 6.07) is 7.35. The Labute approximate surface area is 114 Å². The van der Waals surface area contributed by atoms with Crippen LogP contribution in [0.15, 0.2) is 24.3 Å². The number of hydrogen-bond acceptors (Lipinski definition) is 3. The van der Waals surface area contributed by atoms with E-state index >= 15 is 0 Å². The third-order valence-electron chi connectivity index (χ3n) is 3.62. The van der Waals surface area contributed by atoms with Gasteiger partial charge in [0.1, 0.15) is 5.75 Å². The number of rotatable bonds is 5. The zero-order chi connectivity index (χ0) is 13.7. The SMILES string of the molecule is CC(NCCC(=O)N1CCCC1)c1cccc(O)c1. The second kappa shape index (κ2) is 6.57. The van der Waals surface area contributed by atoms with Gasteiger partial charge in [-0.1, -0.05) is 12.1 Å². The summed E-state index contributed by atoms with van der Waals surface area (Å²) in [5.41, 5.74) is 1.04. The Morgan fingerprint density at radius 3 is 2.84 bits per heavy atom. The highest BCUT2D eigenvalue weighted by Crippen LogP contribution is 2.17. The average molecular weight is 262 g/mol. The molecule has 0 aliphatic carbocycles. The third-order valence-corrected chi connectivity index (χ3v) is 3.62. The van der Waals surface area contributed by atoms with Crippen molar-refractivity contribution in [2.24, 2.45) is 0 Å². The molecule has 4 nitrogen and oxygen atoms in total. The van der Waals surface area contributed by atoms with Gasteiger partial charge in [-0.2, -0.15) is 0 Å². The van der Waals surface area contributed by atoms with Gasteiger partial charge in [-0.3, -0.25) is 4.79 Å². The molecule has 1 unspecified atom stereocenters. The molecule has 0 radical (unpaired) electrons. The molecule has 1 heterocycles. The maximum atomic E-state index is 11.9. The quantitative estimate of drug-likeness (QED) is 0.854. The van der Waals surface area contributed by atoms with E-state index in [1.807, 2.05) is 24.0 Å². The lowest BCUT2D eigenvalue weighted by Gasteiger charge is -2.17. The summed E-state index contributed by atoms with van der Waals surface area (Å²) in [5, 5.41) is 12.8. The molecule has 1 aromatic rings. The summed E-state index contributed by atoms with van der Waals surface area (Å²) < 4.78 is 0. The lowest BCUT2D eigenvalue weighted by molar-refractivity contribution is -0.130. The van der Waals surface area contributed by atoms with Gasteiger partial charge >= 0.3 is 0 Å². The minimum atomic E-state index is 0.137. The number of carbonyl (C=O) groups is 1. The fourth-order valence-electron chi connectivity index (χ4n) is 2.43. The molecule has 1 aromatic carbocycles. The summed E-state index contributed by atoms with van der Waals surface area (Å²) in [4.78, 5) is 13.8. The summed E-state index contributed by atoms with van der Waals surface area (Å²) in [7, 11) is 0. The largest absolute Gasteiger partial charge is 0.508 e. The van der Waals surface area contributed by atoms with Crippen LogP contribution in [0.5, 0.6) is 5.75 Å². The molecule has 0 saturated carbocycles. The van der Waals surface area contributed by atoms with E-state index in [-0.39, 0.29) is 17.7 Å². The van der Waals surface area contributed by atoms with Crippen LogP contribution in [0.3, 0.4) is 0 Å². The van der Waals surface area contributed by atoms with Crippen molar-refractivity contribution in [3.8, 4) is 5.75 Å². The standard InChI is InChI=1S/C15H22N2O2/c1-12(13-5-4-6-14(18)11-13)16-8-7-15(19)17-9-2-3-10-17/h4-6,11-12,16,18H,2-3,7-10H2,1H3. The summed E-state index contributed by atoms with van der Waals surface area (Å²) >= 11 is 0. The molecule has 1 fully saturated rings. The van der Waals surface area contributed by atoms with Gasteiger partial charge in [-0.25, -0.2) is 0 Å². The summed E-state index contributed by atoms with van der Waals surface area (Å²) in [5.74, 6) is 0.521. The Morgan fingerprint density at radius 2 is 2.16 bits per heavy atom. The Morgan fingerprint density at radius 1 is 1.42 bits per heavy atom. The minimum absolute atomic E-state index is 0.137. The van der Waals surface area contributed by atoms with Gasteiger partial charge in [0.05, 0.1) is 0 Å². The second-order valence-corrected chi connectivity index (χ2v) is 5.11. The number of benzene rings is 1. The highest BCUT2D eigenvalue weighted by atomic mass is 16.3. The first-order chi connectivity index (χ1) is 9.16. The van der Waals surface area contributed by atoms with Crippen LogP contribution in [0.4, 0.5) is 0 Å². The van der Waals surface area contributed by atoms with Crippen LogP contribution >= 0.6 is 0 Å². The normalized spacial score (nSPS) is 16.6. The topological polar surface area (TPSA) is 52.6 Å². The Hall–Kier alpha value is -1.55. The number of aromatic hydroxyl groups is 1. The molecule has 1 amide bonds. The van der Waals surface area contributed by atoms with E-state index in [1.165, 1.54) is 0 Å². The van der Waals surface area contributed by atoms with Crippen LogP contribution in [-0.2, 0) is 4.79 Å². The predicted molar refractivity (Wildman–Crippen MR) is 75.0 cm³/mol. The number of nitrogens with one attached hydrogen (secondary N) is 1. The van der Waals surface area contributed by atoms with E-state index in [9.17, 15) is 9.90 Å². The molecule has 104 valence electrons. The van der Waals surface area contributed by atoms with Gasteiger partial charge in [-0.05, 0) is 37.5 Å². The molecule has 0 aromatic heterocycles. The molecule has 1 aliphatic rings. The van der Waals surface area contributed by atoms with Crippen LogP contribution in [0.1, 0.15) is 37.8 Å². The Bertz CT molecular complexity index is 428. The molecule has 2 N–H and O–H groups in total. The van der Waals surface area contributed by atoms with E-state index in [4.69, 9.17) is 0 Å². The molecule has 1 saturated heterocycles. The number of likely N-dealkylation sites (tertiary alicyclic amines) is 1. The van der Waals surface area contributed by atoms with E-state index in [0.717, 1.165) is 31.5 Å². The van der Waals surface area contributed by atoms with Crippen LogP contribution < -0.4 is 5.32 Å². The monoisotopic (exact) mass is 262 g/mol. The molecule has 1 atom stereocenters. The molecular formula is C15H22N2O2. The lowest BCUT2D eigenvalue weighted by Crippen LogP contribution is -2.31. The van der Waals surface area contributed by atoms with Crippen LogP contribution in [0, 0.1) is 0 Å². The fourth-order valence-corrected chi connectivity index (χ4v) is 2.43. The van der Waals surface area contributed by atoms with Crippen molar-refractivity contribution in [1.82, 2.24) is 10.2 Å². The van der Waals surface area contributed by atoms with Crippen molar-refractivity contribution in [2.45, 2.75) is 32.2 Å². The Balaban J connectivity index is 1.74. The lowest BCUT2D eigenvalue weighted by atomic mass is 10.1. The minimum Gasteiger partial charge on any atom is -0.508 e. The number of amides is 1. The van der Waals surface area contributed by atoms with Crippen molar-refractivity contribution in [3.63, 3.8) is 0 Å². The van der Waals surface area contributed by atoms with Crippen LogP contribution in [-0.4, -0.2) is 35.5 Å². The summed E-state index contributed by atoms with van der Waals surface area (Å²) in [6.45, 7) is 4.54. The molecule has 4 heteroatoms. The summed E-state index contributed by atoms with van der Waals surface area (Å²) in [6.07, 6.45) is 2.82. The van der Waals surface area contributed by atoms with Gasteiger partial charge < -0.3 is 15.3 Å². The first-order valence-corrected chi connectivity index (χ1v) is 6.97. The second-order valence-electron chi connectivity index (χ2n) is 5.11. The number of hydrogen-bond donors (Lipinski definition) is 2. The molecule has 0 bridgehead atoms. The zero-order valence-electron chi connectivity index (χ0n) is 11.4. The van der Waals surface area contributed by atoms with Crippen molar-refractivity contribution in [1.29, 1.82) is 0 Å². The van der Waals surface area contributed by atoms with E-state index < -0.39 is 0 Å². The molecular weight excluding hydrogens is 240 g/mol. The van der Waals surface area contributed by atoms with E-state index in [0.29, 0.717) is 13.0 Å².